The van der Waals surface area contributed by atoms with Gasteiger partial charge >= 0.3 is 12.1 Å². The molecule has 1 amide bonds. The third-order valence-electron chi connectivity index (χ3n) is 6.91. The van der Waals surface area contributed by atoms with Gasteiger partial charge in [0.2, 0.25) is 0 Å². The molecular formula is C30H33N7O4. The topological polar surface area (TPSA) is 135 Å². The molecule has 0 fully saturated rings. The molecule has 0 saturated heterocycles. The third kappa shape index (κ3) is 6.25. The van der Waals surface area contributed by atoms with Crippen molar-refractivity contribution in [2.45, 2.75) is 46.3 Å². The molecule has 0 aliphatic carbocycles. The molecule has 4 aromatic rings. The van der Waals surface area contributed by atoms with Crippen molar-refractivity contribution in [3.8, 4) is 11.3 Å². The van der Waals surface area contributed by atoms with Crippen LogP contribution in [-0.4, -0.2) is 65.5 Å². The van der Waals surface area contributed by atoms with Crippen molar-refractivity contribution >= 4 is 34.5 Å². The number of aryl methyl sites for hydroxylation is 2. The average molecular weight is 556 g/mol. The Balaban J connectivity index is 1.31. The Labute approximate surface area is 237 Å². The van der Waals surface area contributed by atoms with Crippen LogP contribution >= 0.6 is 0 Å². The predicted molar refractivity (Wildman–Crippen MR) is 155 cm³/mol. The standard InChI is InChI=1S/C30H33N7O4/c1-18-14-20(28(38)39)16-32-26(18)19-9-12-37(13-10-19)17-21-15-23-22(8-11-31-27(23)36(21)5)24-6-7-25(35-34-24)33-29(40)41-30(2,3)4/h6-9,11,14-16H,10,12-13,17H2,1-5H3,(H,38,39)(H,33,35,40). The van der Waals surface area contributed by atoms with E-state index >= 15 is 0 Å². The predicted octanol–water partition coefficient (Wildman–Crippen LogP) is 5.07. The summed E-state index contributed by atoms with van der Waals surface area (Å²) in [5.41, 5.74) is 6.01. The Bertz CT molecular complexity index is 1650. The number of ether oxygens (including phenoxy) is 1. The van der Waals surface area contributed by atoms with Gasteiger partial charge in [-0.25, -0.2) is 14.6 Å². The summed E-state index contributed by atoms with van der Waals surface area (Å²) >= 11 is 0. The normalized spacial score (nSPS) is 14.1. The average Bonchev–Trinajstić information content (AvgIpc) is 3.23. The first-order valence-corrected chi connectivity index (χ1v) is 13.4. The minimum atomic E-state index is -0.970. The number of nitrogens with zero attached hydrogens (tertiary/aromatic N) is 6. The van der Waals surface area contributed by atoms with Crippen LogP contribution in [0.1, 0.15) is 54.5 Å². The lowest BCUT2D eigenvalue weighted by Gasteiger charge is -2.26. The van der Waals surface area contributed by atoms with Crippen LogP contribution in [0.2, 0.25) is 0 Å². The zero-order chi connectivity index (χ0) is 29.3. The van der Waals surface area contributed by atoms with Gasteiger partial charge in [0.15, 0.2) is 5.82 Å². The molecule has 1 aliphatic heterocycles. The van der Waals surface area contributed by atoms with Gasteiger partial charge in [-0.05, 0) is 75.6 Å². The van der Waals surface area contributed by atoms with Crippen LogP contribution in [0.3, 0.4) is 0 Å². The number of rotatable bonds is 6. The molecule has 0 spiro atoms. The maximum Gasteiger partial charge on any atom is 0.413 e. The van der Waals surface area contributed by atoms with E-state index in [1.54, 1.807) is 39.1 Å². The SMILES string of the molecule is Cc1cc(C(=O)O)cnc1C1=CCN(Cc2cc3c(-c4ccc(NC(=O)OC(C)(C)C)nn4)ccnc3n2C)CC1. The highest BCUT2D eigenvalue weighted by Gasteiger charge is 2.20. The Morgan fingerprint density at radius 2 is 1.93 bits per heavy atom. The van der Waals surface area contributed by atoms with E-state index in [0.29, 0.717) is 11.5 Å². The quantitative estimate of drug-likeness (QED) is 0.334. The number of hydrogen-bond acceptors (Lipinski definition) is 8. The number of hydrogen-bond donors (Lipinski definition) is 2. The van der Waals surface area contributed by atoms with E-state index in [2.05, 4.69) is 47.1 Å². The molecule has 0 aromatic carbocycles. The highest BCUT2D eigenvalue weighted by molar-refractivity contribution is 5.93. The number of carbonyl (C=O) groups excluding carboxylic acids is 1. The number of aromatic carboxylic acids is 1. The van der Waals surface area contributed by atoms with Crippen molar-refractivity contribution < 1.29 is 19.4 Å². The Morgan fingerprint density at radius 1 is 1.12 bits per heavy atom. The van der Waals surface area contributed by atoms with E-state index < -0.39 is 17.7 Å². The van der Waals surface area contributed by atoms with Crippen LogP contribution < -0.4 is 5.32 Å². The molecule has 0 atom stereocenters. The largest absolute Gasteiger partial charge is 0.478 e. The van der Waals surface area contributed by atoms with Gasteiger partial charge in [0.05, 0.1) is 17.0 Å². The third-order valence-corrected chi connectivity index (χ3v) is 6.91. The molecule has 11 nitrogen and oxygen atoms in total. The van der Waals surface area contributed by atoms with E-state index in [1.165, 1.54) is 6.20 Å². The number of aromatic nitrogens is 5. The Hall–Kier alpha value is -4.64. The molecule has 4 aromatic heterocycles. The number of amides is 1. The smallest absolute Gasteiger partial charge is 0.413 e. The number of nitrogens with one attached hydrogen (secondary N) is 1. The van der Waals surface area contributed by atoms with Crippen molar-refractivity contribution in [3.05, 3.63) is 71.3 Å². The molecule has 11 heteroatoms. The zero-order valence-corrected chi connectivity index (χ0v) is 23.8. The van der Waals surface area contributed by atoms with Gasteiger partial charge in [-0.15, -0.1) is 10.2 Å². The van der Waals surface area contributed by atoms with Gasteiger partial charge in [-0.3, -0.25) is 15.2 Å². The van der Waals surface area contributed by atoms with Crippen LogP contribution in [0.5, 0.6) is 0 Å². The maximum absolute atomic E-state index is 12.1. The van der Waals surface area contributed by atoms with E-state index in [0.717, 1.165) is 65.2 Å². The summed E-state index contributed by atoms with van der Waals surface area (Å²) in [4.78, 5) is 34.7. The minimum absolute atomic E-state index is 0.201. The van der Waals surface area contributed by atoms with E-state index in [4.69, 9.17) is 4.74 Å². The molecule has 5 rings (SSSR count). The summed E-state index contributed by atoms with van der Waals surface area (Å²) in [6.07, 6.45) is 5.60. The second kappa shape index (κ2) is 11.1. The zero-order valence-electron chi connectivity index (χ0n) is 23.8. The number of carboxylic acids is 1. The fraction of sp³-hybridized carbons (Fsp3) is 0.333. The molecule has 212 valence electrons. The fourth-order valence-electron chi connectivity index (χ4n) is 4.92. The van der Waals surface area contributed by atoms with Crippen LogP contribution in [-0.2, 0) is 18.3 Å². The van der Waals surface area contributed by atoms with Crippen molar-refractivity contribution in [1.82, 2.24) is 29.6 Å². The fourth-order valence-corrected chi connectivity index (χ4v) is 4.92. The second-order valence-corrected chi connectivity index (χ2v) is 11.1. The molecular weight excluding hydrogens is 522 g/mol. The lowest BCUT2D eigenvalue weighted by atomic mass is 9.99. The molecule has 2 N–H and O–H groups in total. The molecule has 0 unspecified atom stereocenters. The van der Waals surface area contributed by atoms with E-state index in [-0.39, 0.29) is 5.56 Å². The summed E-state index contributed by atoms with van der Waals surface area (Å²) in [5.74, 6) is -0.661. The van der Waals surface area contributed by atoms with Gasteiger partial charge in [0.1, 0.15) is 11.2 Å². The first-order chi connectivity index (χ1) is 19.5. The van der Waals surface area contributed by atoms with E-state index in [9.17, 15) is 14.7 Å². The molecule has 5 heterocycles. The minimum Gasteiger partial charge on any atom is -0.478 e. The van der Waals surface area contributed by atoms with Crippen LogP contribution in [0, 0.1) is 6.92 Å². The summed E-state index contributed by atoms with van der Waals surface area (Å²) in [6.45, 7) is 9.65. The lowest BCUT2D eigenvalue weighted by Crippen LogP contribution is -2.29. The van der Waals surface area contributed by atoms with Crippen molar-refractivity contribution in [2.75, 3.05) is 18.4 Å². The summed E-state index contributed by atoms with van der Waals surface area (Å²) in [7, 11) is 2.01. The van der Waals surface area contributed by atoms with Gasteiger partial charge < -0.3 is 14.4 Å². The summed E-state index contributed by atoms with van der Waals surface area (Å²) in [6, 6.07) is 9.25. The first kappa shape index (κ1) is 27.9. The van der Waals surface area contributed by atoms with E-state index in [1.807, 2.05) is 26.1 Å². The van der Waals surface area contributed by atoms with Crippen LogP contribution in [0.4, 0.5) is 10.6 Å². The second-order valence-electron chi connectivity index (χ2n) is 11.1. The van der Waals surface area contributed by atoms with Crippen molar-refractivity contribution in [2.24, 2.45) is 7.05 Å². The summed E-state index contributed by atoms with van der Waals surface area (Å²) < 4.78 is 7.38. The summed E-state index contributed by atoms with van der Waals surface area (Å²) in [5, 5.41) is 21.3. The van der Waals surface area contributed by atoms with Crippen LogP contribution in [0.15, 0.2) is 48.8 Å². The Kier molecular flexibility index (Phi) is 7.55. The van der Waals surface area contributed by atoms with Gasteiger partial charge in [0, 0.05) is 55.7 Å². The number of carbonyl (C=O) groups is 2. The maximum atomic E-state index is 12.1. The Morgan fingerprint density at radius 3 is 2.56 bits per heavy atom. The monoisotopic (exact) mass is 555 g/mol. The molecule has 41 heavy (non-hydrogen) atoms. The number of pyridine rings is 2. The van der Waals surface area contributed by atoms with Crippen LogP contribution in [0.25, 0.3) is 27.9 Å². The lowest BCUT2D eigenvalue weighted by molar-refractivity contribution is 0.0633. The van der Waals surface area contributed by atoms with Gasteiger partial charge in [-0.1, -0.05) is 6.08 Å². The van der Waals surface area contributed by atoms with Gasteiger partial charge in [0.25, 0.3) is 0 Å². The first-order valence-electron chi connectivity index (χ1n) is 13.4. The van der Waals surface area contributed by atoms with Crippen molar-refractivity contribution in [3.63, 3.8) is 0 Å². The number of anilines is 1. The van der Waals surface area contributed by atoms with Crippen molar-refractivity contribution in [1.29, 1.82) is 0 Å². The molecule has 0 bridgehead atoms. The van der Waals surface area contributed by atoms with Gasteiger partial charge in [-0.2, -0.15) is 0 Å². The molecule has 0 radical (unpaired) electrons. The molecule has 1 aliphatic rings. The number of carboxylic acid groups (broad SMARTS) is 1. The highest BCUT2D eigenvalue weighted by atomic mass is 16.6. The number of fused-ring (bicyclic) bond motifs is 1. The highest BCUT2D eigenvalue weighted by Crippen LogP contribution is 2.30. The molecule has 0 saturated carbocycles.